The molecule has 1 aromatic rings. The first kappa shape index (κ1) is 16.8. The molecule has 1 rings (SSSR count). The summed E-state index contributed by atoms with van der Waals surface area (Å²) in [5.41, 5.74) is 1.08. The van der Waals surface area contributed by atoms with Crippen LogP contribution in [0.4, 0.5) is 0 Å². The second-order valence-electron chi connectivity index (χ2n) is 5.91. The number of nitrogens with one attached hydrogen (secondary N) is 1. The molecule has 3 heteroatoms. The summed E-state index contributed by atoms with van der Waals surface area (Å²) in [5, 5.41) is 5.07. The fourth-order valence-corrected chi connectivity index (χ4v) is 2.60. The van der Waals surface area contributed by atoms with Crippen molar-refractivity contribution in [1.29, 1.82) is 0 Å². The largest absolute Gasteiger partial charge is 0.316 e. The van der Waals surface area contributed by atoms with E-state index < -0.39 is 0 Å². The molecule has 0 saturated carbocycles. The van der Waals surface area contributed by atoms with Gasteiger partial charge in [0.1, 0.15) is 0 Å². The molecule has 0 aliphatic carbocycles. The quantitative estimate of drug-likeness (QED) is 0.743. The van der Waals surface area contributed by atoms with Crippen LogP contribution in [0.25, 0.3) is 0 Å². The Morgan fingerprint density at radius 1 is 0.947 bits per heavy atom. The summed E-state index contributed by atoms with van der Waals surface area (Å²) < 4.78 is 0. The van der Waals surface area contributed by atoms with Crippen LogP contribution < -0.4 is 5.32 Å². The molecule has 1 aromatic carbocycles. The predicted molar refractivity (Wildman–Crippen MR) is 86.2 cm³/mol. The third-order valence-electron chi connectivity index (χ3n) is 3.58. The fourth-order valence-electron chi connectivity index (χ4n) is 2.05. The van der Waals surface area contributed by atoms with Crippen LogP contribution in [0.2, 0.25) is 10.0 Å². The standard InChI is InChI=1S/C16H25Cl2N/c1-11(2)9-19-10-13(4)12(3)8-14-15(17)6-5-7-16(14)18/h5-7,11-13,19H,8-10H2,1-4H3. The van der Waals surface area contributed by atoms with Crippen LogP contribution in [-0.2, 0) is 6.42 Å². The van der Waals surface area contributed by atoms with Gasteiger partial charge in [-0.05, 0) is 55.0 Å². The lowest BCUT2D eigenvalue weighted by atomic mass is 9.89. The summed E-state index contributed by atoms with van der Waals surface area (Å²) in [4.78, 5) is 0. The molecule has 0 aliphatic rings. The first-order chi connectivity index (χ1) is 8.91. The third kappa shape index (κ3) is 5.72. The smallest absolute Gasteiger partial charge is 0.0452 e. The molecule has 0 spiro atoms. The normalized spacial score (nSPS) is 14.7. The second-order valence-corrected chi connectivity index (χ2v) is 6.73. The number of benzene rings is 1. The summed E-state index contributed by atoms with van der Waals surface area (Å²) in [5.74, 6) is 1.85. The summed E-state index contributed by atoms with van der Waals surface area (Å²) >= 11 is 12.4. The summed E-state index contributed by atoms with van der Waals surface area (Å²) in [6, 6.07) is 5.72. The lowest BCUT2D eigenvalue weighted by Gasteiger charge is -2.22. The number of hydrogen-bond acceptors (Lipinski definition) is 1. The van der Waals surface area contributed by atoms with E-state index in [-0.39, 0.29) is 0 Å². The molecule has 1 N–H and O–H groups in total. The minimum atomic E-state index is 0.553. The second kappa shape index (κ2) is 8.14. The molecule has 0 aliphatic heterocycles. The van der Waals surface area contributed by atoms with E-state index in [2.05, 4.69) is 33.0 Å². The molecule has 0 amide bonds. The molecule has 0 saturated heterocycles. The highest BCUT2D eigenvalue weighted by atomic mass is 35.5. The number of halogens is 2. The maximum absolute atomic E-state index is 6.22. The first-order valence-corrected chi connectivity index (χ1v) is 7.81. The summed E-state index contributed by atoms with van der Waals surface area (Å²) in [6.07, 6.45) is 0.934. The Hall–Kier alpha value is -0.240. The Balaban J connectivity index is 2.52. The molecule has 0 fully saturated rings. The zero-order chi connectivity index (χ0) is 14.4. The van der Waals surface area contributed by atoms with Crippen molar-refractivity contribution in [2.45, 2.75) is 34.1 Å². The lowest BCUT2D eigenvalue weighted by molar-refractivity contribution is 0.357. The van der Waals surface area contributed by atoms with Crippen LogP contribution in [0.1, 0.15) is 33.3 Å². The van der Waals surface area contributed by atoms with Gasteiger partial charge in [-0.25, -0.2) is 0 Å². The van der Waals surface area contributed by atoms with E-state index in [4.69, 9.17) is 23.2 Å². The highest BCUT2D eigenvalue weighted by molar-refractivity contribution is 6.35. The monoisotopic (exact) mass is 301 g/mol. The zero-order valence-corrected chi connectivity index (χ0v) is 13.9. The van der Waals surface area contributed by atoms with E-state index in [1.165, 1.54) is 0 Å². The van der Waals surface area contributed by atoms with Crippen LogP contribution >= 0.6 is 23.2 Å². The maximum Gasteiger partial charge on any atom is 0.0452 e. The minimum Gasteiger partial charge on any atom is -0.316 e. The first-order valence-electron chi connectivity index (χ1n) is 7.05. The molecule has 0 bridgehead atoms. The van der Waals surface area contributed by atoms with Crippen molar-refractivity contribution < 1.29 is 0 Å². The topological polar surface area (TPSA) is 12.0 Å². The van der Waals surface area contributed by atoms with Gasteiger partial charge in [0.2, 0.25) is 0 Å². The SMILES string of the molecule is CC(C)CNCC(C)C(C)Cc1c(Cl)cccc1Cl. The predicted octanol–water partition coefficient (Wildman–Crippen LogP) is 5.05. The molecule has 108 valence electrons. The highest BCUT2D eigenvalue weighted by Crippen LogP contribution is 2.28. The lowest BCUT2D eigenvalue weighted by Crippen LogP contribution is -2.28. The molecule has 2 unspecified atom stereocenters. The van der Waals surface area contributed by atoms with E-state index >= 15 is 0 Å². The van der Waals surface area contributed by atoms with Crippen LogP contribution in [0, 0.1) is 17.8 Å². The van der Waals surface area contributed by atoms with E-state index in [0.29, 0.717) is 17.8 Å². The van der Waals surface area contributed by atoms with Crippen molar-refractivity contribution in [2.24, 2.45) is 17.8 Å². The Morgan fingerprint density at radius 3 is 2.05 bits per heavy atom. The van der Waals surface area contributed by atoms with Gasteiger partial charge in [-0.15, -0.1) is 0 Å². The molecule has 0 aromatic heterocycles. The Kier molecular flexibility index (Phi) is 7.20. The summed E-state index contributed by atoms with van der Waals surface area (Å²) in [6.45, 7) is 11.1. The molecular weight excluding hydrogens is 277 g/mol. The minimum absolute atomic E-state index is 0.553. The average Bonchev–Trinajstić information content (AvgIpc) is 2.33. The average molecular weight is 302 g/mol. The molecule has 0 radical (unpaired) electrons. The van der Waals surface area contributed by atoms with Gasteiger partial charge in [0, 0.05) is 10.0 Å². The van der Waals surface area contributed by atoms with E-state index in [1.807, 2.05) is 18.2 Å². The van der Waals surface area contributed by atoms with E-state index in [9.17, 15) is 0 Å². The van der Waals surface area contributed by atoms with Gasteiger partial charge >= 0.3 is 0 Å². The number of hydrogen-bond donors (Lipinski definition) is 1. The molecular formula is C16H25Cl2N. The molecule has 0 heterocycles. The third-order valence-corrected chi connectivity index (χ3v) is 4.29. The van der Waals surface area contributed by atoms with Gasteiger partial charge in [0.25, 0.3) is 0 Å². The fraction of sp³-hybridized carbons (Fsp3) is 0.625. The van der Waals surface area contributed by atoms with Gasteiger partial charge in [-0.3, -0.25) is 0 Å². The molecule has 2 atom stereocenters. The van der Waals surface area contributed by atoms with E-state index in [1.54, 1.807) is 0 Å². The number of rotatable bonds is 7. The van der Waals surface area contributed by atoms with Gasteiger partial charge < -0.3 is 5.32 Å². The van der Waals surface area contributed by atoms with Crippen LogP contribution in [0.5, 0.6) is 0 Å². The Morgan fingerprint density at radius 2 is 1.53 bits per heavy atom. The highest BCUT2D eigenvalue weighted by Gasteiger charge is 2.16. The Bertz CT molecular complexity index is 370. The molecule has 19 heavy (non-hydrogen) atoms. The summed E-state index contributed by atoms with van der Waals surface area (Å²) in [7, 11) is 0. The van der Waals surface area contributed by atoms with Gasteiger partial charge in [-0.2, -0.15) is 0 Å². The van der Waals surface area contributed by atoms with Crippen molar-refractivity contribution in [2.75, 3.05) is 13.1 Å². The van der Waals surface area contributed by atoms with Gasteiger partial charge in [0.05, 0.1) is 0 Å². The van der Waals surface area contributed by atoms with E-state index in [0.717, 1.165) is 35.1 Å². The van der Waals surface area contributed by atoms with Crippen molar-refractivity contribution in [3.63, 3.8) is 0 Å². The van der Waals surface area contributed by atoms with Crippen molar-refractivity contribution >= 4 is 23.2 Å². The maximum atomic E-state index is 6.22. The Labute approximate surface area is 127 Å². The molecule has 1 nitrogen and oxygen atoms in total. The van der Waals surface area contributed by atoms with Crippen molar-refractivity contribution in [1.82, 2.24) is 5.32 Å². The van der Waals surface area contributed by atoms with Crippen molar-refractivity contribution in [3.05, 3.63) is 33.8 Å². The van der Waals surface area contributed by atoms with Gasteiger partial charge in [0.15, 0.2) is 0 Å². The van der Waals surface area contributed by atoms with Crippen LogP contribution in [-0.4, -0.2) is 13.1 Å². The van der Waals surface area contributed by atoms with Crippen LogP contribution in [0.3, 0.4) is 0 Å². The van der Waals surface area contributed by atoms with Crippen molar-refractivity contribution in [3.8, 4) is 0 Å². The van der Waals surface area contributed by atoms with Crippen LogP contribution in [0.15, 0.2) is 18.2 Å². The zero-order valence-electron chi connectivity index (χ0n) is 12.3. The van der Waals surface area contributed by atoms with Gasteiger partial charge in [-0.1, -0.05) is 57.0 Å².